The van der Waals surface area contributed by atoms with Crippen LogP contribution in [0.25, 0.3) is 0 Å². The van der Waals surface area contributed by atoms with Crippen molar-refractivity contribution in [1.82, 2.24) is 9.29 Å². The van der Waals surface area contributed by atoms with Crippen LogP contribution >= 0.6 is 0 Å². The fraction of sp³-hybridized carbons (Fsp3) is 0.500. The van der Waals surface area contributed by atoms with Crippen LogP contribution in [0.2, 0.25) is 0 Å². The minimum atomic E-state index is -3.21. The molecule has 110 valence electrons. The number of rotatable bonds is 4. The molecule has 6 nitrogen and oxygen atoms in total. The molecule has 20 heavy (non-hydrogen) atoms. The second-order valence-electron chi connectivity index (χ2n) is 4.58. The van der Waals surface area contributed by atoms with Gasteiger partial charge in [-0.3, -0.25) is 9.69 Å². The number of halogens is 1. The monoisotopic (exact) mass is 301 g/mol. The van der Waals surface area contributed by atoms with E-state index in [9.17, 15) is 17.6 Å². The number of carbonyl (C=O) groups excluding carboxylic acids is 1. The normalized spacial score (nSPS) is 18.1. The molecule has 0 spiro atoms. The zero-order valence-electron chi connectivity index (χ0n) is 11.1. The standard InChI is InChI=1S/C12H16FN3O3S/c1-15(12-10(13)4-2-6-14-12)11(17)5-8-16-7-3-9-20(16,18)19/h2,4,6H,3,5,7-9H2,1H3. The topological polar surface area (TPSA) is 70.6 Å². The number of sulfonamides is 1. The molecule has 0 unspecified atom stereocenters. The number of aromatic nitrogens is 1. The zero-order valence-corrected chi connectivity index (χ0v) is 11.9. The van der Waals surface area contributed by atoms with E-state index in [0.717, 1.165) is 4.90 Å². The van der Waals surface area contributed by atoms with E-state index in [1.165, 1.54) is 29.7 Å². The molecule has 1 saturated heterocycles. The van der Waals surface area contributed by atoms with Crippen LogP contribution in [0.3, 0.4) is 0 Å². The first kappa shape index (κ1) is 14.9. The molecule has 1 aliphatic rings. The van der Waals surface area contributed by atoms with Crippen LogP contribution in [0.1, 0.15) is 12.8 Å². The van der Waals surface area contributed by atoms with Crippen LogP contribution in [0, 0.1) is 5.82 Å². The summed E-state index contributed by atoms with van der Waals surface area (Å²) in [7, 11) is -1.79. The van der Waals surface area contributed by atoms with E-state index in [1.54, 1.807) is 0 Å². The summed E-state index contributed by atoms with van der Waals surface area (Å²) in [5.41, 5.74) is 0. The van der Waals surface area contributed by atoms with Crippen LogP contribution in [-0.2, 0) is 14.8 Å². The predicted molar refractivity (Wildman–Crippen MR) is 72.2 cm³/mol. The maximum absolute atomic E-state index is 13.5. The molecule has 8 heteroatoms. The molecule has 1 aromatic rings. The second-order valence-corrected chi connectivity index (χ2v) is 6.67. The average molecular weight is 301 g/mol. The van der Waals surface area contributed by atoms with Gasteiger partial charge in [-0.1, -0.05) is 0 Å². The van der Waals surface area contributed by atoms with E-state index in [4.69, 9.17) is 0 Å². The first-order valence-corrected chi connectivity index (χ1v) is 7.87. The number of hydrogen-bond donors (Lipinski definition) is 0. The van der Waals surface area contributed by atoms with E-state index in [2.05, 4.69) is 4.98 Å². The van der Waals surface area contributed by atoms with Crippen molar-refractivity contribution in [3.63, 3.8) is 0 Å². The van der Waals surface area contributed by atoms with Crippen molar-refractivity contribution in [3.05, 3.63) is 24.1 Å². The largest absolute Gasteiger partial charge is 0.297 e. The van der Waals surface area contributed by atoms with Crippen molar-refractivity contribution in [2.75, 3.05) is 30.8 Å². The van der Waals surface area contributed by atoms with E-state index >= 15 is 0 Å². The first-order chi connectivity index (χ1) is 9.42. The van der Waals surface area contributed by atoms with Crippen molar-refractivity contribution in [3.8, 4) is 0 Å². The minimum absolute atomic E-state index is 0.00570. The van der Waals surface area contributed by atoms with Gasteiger partial charge in [-0.15, -0.1) is 0 Å². The summed E-state index contributed by atoms with van der Waals surface area (Å²) in [5, 5.41) is 0. The highest BCUT2D eigenvalue weighted by Gasteiger charge is 2.28. The third kappa shape index (κ3) is 3.13. The molecule has 0 atom stereocenters. The molecule has 0 saturated carbocycles. The average Bonchev–Trinajstić information content (AvgIpc) is 2.74. The lowest BCUT2D eigenvalue weighted by Gasteiger charge is -2.19. The van der Waals surface area contributed by atoms with Crippen LogP contribution in [0.4, 0.5) is 10.2 Å². The zero-order chi connectivity index (χ0) is 14.8. The maximum Gasteiger partial charge on any atom is 0.229 e. The number of nitrogens with zero attached hydrogens (tertiary/aromatic N) is 3. The van der Waals surface area contributed by atoms with Crippen LogP contribution < -0.4 is 4.90 Å². The summed E-state index contributed by atoms with van der Waals surface area (Å²) >= 11 is 0. The predicted octanol–water partition coefficient (Wildman–Crippen LogP) is 0.609. The number of amides is 1. The fourth-order valence-corrected chi connectivity index (χ4v) is 3.60. The molecule has 1 amide bonds. The minimum Gasteiger partial charge on any atom is -0.297 e. The molecule has 0 bridgehead atoms. The van der Waals surface area contributed by atoms with Crippen molar-refractivity contribution in [2.45, 2.75) is 12.8 Å². The van der Waals surface area contributed by atoms with Gasteiger partial charge in [0, 0.05) is 32.8 Å². The van der Waals surface area contributed by atoms with Gasteiger partial charge in [0.1, 0.15) is 0 Å². The second kappa shape index (κ2) is 5.84. The van der Waals surface area contributed by atoms with Crippen LogP contribution in [-0.4, -0.2) is 49.5 Å². The quantitative estimate of drug-likeness (QED) is 0.817. The first-order valence-electron chi connectivity index (χ1n) is 6.27. The molecule has 2 rings (SSSR count). The highest BCUT2D eigenvalue weighted by Crippen LogP contribution is 2.16. The molecule has 0 aromatic carbocycles. The summed E-state index contributed by atoms with van der Waals surface area (Å²) in [6.45, 7) is 0.567. The lowest BCUT2D eigenvalue weighted by atomic mass is 10.3. The summed E-state index contributed by atoms with van der Waals surface area (Å²) < 4.78 is 38.0. The van der Waals surface area contributed by atoms with Gasteiger partial charge in [0.25, 0.3) is 0 Å². The van der Waals surface area contributed by atoms with Crippen molar-refractivity contribution in [2.24, 2.45) is 0 Å². The maximum atomic E-state index is 13.5. The van der Waals surface area contributed by atoms with Crippen LogP contribution in [0.15, 0.2) is 18.3 Å². The Morgan fingerprint density at radius 1 is 1.55 bits per heavy atom. The lowest BCUT2D eigenvalue weighted by molar-refractivity contribution is -0.118. The molecule has 1 aliphatic heterocycles. The summed E-state index contributed by atoms with van der Waals surface area (Å²) in [5.74, 6) is -0.880. The Kier molecular flexibility index (Phi) is 4.34. The number of anilines is 1. The van der Waals surface area contributed by atoms with E-state index in [-0.39, 0.29) is 30.4 Å². The SMILES string of the molecule is CN(C(=O)CCN1CCCS1(=O)=O)c1ncccc1F. The van der Waals surface area contributed by atoms with Gasteiger partial charge in [0.2, 0.25) is 15.9 Å². The number of carbonyl (C=O) groups is 1. The molecular formula is C12H16FN3O3S. The van der Waals surface area contributed by atoms with Crippen molar-refractivity contribution in [1.29, 1.82) is 0 Å². The molecule has 1 aromatic heterocycles. The third-order valence-electron chi connectivity index (χ3n) is 3.21. The van der Waals surface area contributed by atoms with E-state index in [0.29, 0.717) is 13.0 Å². The number of pyridine rings is 1. The van der Waals surface area contributed by atoms with Gasteiger partial charge < -0.3 is 0 Å². The Morgan fingerprint density at radius 3 is 2.90 bits per heavy atom. The molecule has 2 heterocycles. The molecule has 0 N–H and O–H groups in total. The van der Waals surface area contributed by atoms with Gasteiger partial charge in [-0.2, -0.15) is 0 Å². The Bertz CT molecular complexity index is 606. The Morgan fingerprint density at radius 2 is 2.30 bits per heavy atom. The summed E-state index contributed by atoms with van der Waals surface area (Å²) in [4.78, 5) is 16.9. The molecule has 0 radical (unpaired) electrons. The van der Waals surface area contributed by atoms with Gasteiger partial charge in [-0.25, -0.2) is 22.1 Å². The molecular weight excluding hydrogens is 285 g/mol. The lowest BCUT2D eigenvalue weighted by Crippen LogP contribution is -2.33. The van der Waals surface area contributed by atoms with Crippen molar-refractivity contribution < 1.29 is 17.6 Å². The van der Waals surface area contributed by atoms with E-state index in [1.807, 2.05) is 0 Å². The highest BCUT2D eigenvalue weighted by molar-refractivity contribution is 7.89. The van der Waals surface area contributed by atoms with Crippen LogP contribution in [0.5, 0.6) is 0 Å². The summed E-state index contributed by atoms with van der Waals surface area (Å²) in [6, 6.07) is 2.66. The number of hydrogen-bond acceptors (Lipinski definition) is 4. The molecule has 1 fully saturated rings. The van der Waals surface area contributed by atoms with Crippen molar-refractivity contribution >= 4 is 21.7 Å². The van der Waals surface area contributed by atoms with Gasteiger partial charge in [0.05, 0.1) is 5.75 Å². The Balaban J connectivity index is 1.97. The smallest absolute Gasteiger partial charge is 0.229 e. The van der Waals surface area contributed by atoms with E-state index < -0.39 is 15.8 Å². The van der Waals surface area contributed by atoms with Gasteiger partial charge in [-0.05, 0) is 18.6 Å². The Labute approximate surface area is 117 Å². The highest BCUT2D eigenvalue weighted by atomic mass is 32.2. The van der Waals surface area contributed by atoms with Gasteiger partial charge in [0.15, 0.2) is 11.6 Å². The third-order valence-corrected chi connectivity index (χ3v) is 5.17. The van der Waals surface area contributed by atoms with Gasteiger partial charge >= 0.3 is 0 Å². The fourth-order valence-electron chi connectivity index (χ4n) is 2.07. The Hall–Kier alpha value is -1.54. The summed E-state index contributed by atoms with van der Waals surface area (Å²) in [6.07, 6.45) is 1.99. The molecule has 0 aliphatic carbocycles.